The lowest BCUT2D eigenvalue weighted by Gasteiger charge is -2.29. The van der Waals surface area contributed by atoms with Crippen LogP contribution in [0.3, 0.4) is 0 Å². The fraction of sp³-hybridized carbons (Fsp3) is 0.538. The number of rotatable bonds is 7. The van der Waals surface area contributed by atoms with Crippen LogP contribution in [0, 0.1) is 0 Å². The molecule has 1 N–H and O–H groups in total. The maximum absolute atomic E-state index is 10.6. The van der Waals surface area contributed by atoms with Gasteiger partial charge in [0, 0.05) is 5.56 Å². The first kappa shape index (κ1) is 15.1. The summed E-state index contributed by atoms with van der Waals surface area (Å²) in [6, 6.07) is 10.2. The molecule has 0 spiro atoms. The Labute approximate surface area is 110 Å². The maximum atomic E-state index is 10.6. The molecule has 5 heteroatoms. The van der Waals surface area contributed by atoms with Crippen LogP contribution in [-0.2, 0) is 16.7 Å². The van der Waals surface area contributed by atoms with Gasteiger partial charge in [-0.25, -0.2) is 0 Å². The van der Waals surface area contributed by atoms with Crippen molar-refractivity contribution >= 4 is 10.1 Å². The molecule has 0 radical (unpaired) electrons. The SMILES string of the molecule is C[N+](C)(CCCCS(=O)(=O)O)Cc1ccccc1. The molecule has 1 aromatic carbocycles. The predicted octanol–water partition coefficient (Wildman–Crippen LogP) is 1.93. The van der Waals surface area contributed by atoms with Crippen LogP contribution in [0.5, 0.6) is 0 Å². The average molecular weight is 272 g/mol. The summed E-state index contributed by atoms with van der Waals surface area (Å²) in [5, 5.41) is 0. The highest BCUT2D eigenvalue weighted by atomic mass is 32.2. The Kier molecular flexibility index (Phi) is 5.31. The number of hydrogen-bond donors (Lipinski definition) is 1. The second-order valence-electron chi connectivity index (χ2n) is 5.30. The number of benzene rings is 1. The van der Waals surface area contributed by atoms with Gasteiger partial charge in [0.05, 0.1) is 26.4 Å². The molecule has 0 unspecified atom stereocenters. The van der Waals surface area contributed by atoms with Gasteiger partial charge in [-0.3, -0.25) is 4.55 Å². The summed E-state index contributed by atoms with van der Waals surface area (Å²) in [6.45, 7) is 1.82. The molecule has 1 aromatic rings. The Morgan fingerprint density at radius 3 is 2.28 bits per heavy atom. The van der Waals surface area contributed by atoms with E-state index in [1.807, 2.05) is 18.2 Å². The van der Waals surface area contributed by atoms with Crippen LogP contribution < -0.4 is 0 Å². The number of unbranched alkanes of at least 4 members (excludes halogenated alkanes) is 1. The topological polar surface area (TPSA) is 54.4 Å². The van der Waals surface area contributed by atoms with Crippen molar-refractivity contribution in [2.24, 2.45) is 0 Å². The molecule has 0 aliphatic heterocycles. The molecule has 0 aliphatic rings. The third kappa shape index (κ3) is 6.74. The smallest absolute Gasteiger partial charge is 0.264 e. The molecule has 0 saturated carbocycles. The van der Waals surface area contributed by atoms with Gasteiger partial charge in [0.2, 0.25) is 0 Å². The molecule has 0 heterocycles. The van der Waals surface area contributed by atoms with Gasteiger partial charge in [0.1, 0.15) is 6.54 Å². The molecule has 0 bridgehead atoms. The highest BCUT2D eigenvalue weighted by Gasteiger charge is 2.15. The molecule has 102 valence electrons. The lowest BCUT2D eigenvalue weighted by Crippen LogP contribution is -2.39. The van der Waals surface area contributed by atoms with Crippen LogP contribution in [-0.4, -0.2) is 43.8 Å². The molecule has 0 fully saturated rings. The monoisotopic (exact) mass is 272 g/mol. The second kappa shape index (κ2) is 6.31. The quantitative estimate of drug-likeness (QED) is 0.469. The highest BCUT2D eigenvalue weighted by molar-refractivity contribution is 7.85. The van der Waals surface area contributed by atoms with E-state index in [2.05, 4.69) is 26.2 Å². The minimum absolute atomic E-state index is 0.141. The summed E-state index contributed by atoms with van der Waals surface area (Å²) in [7, 11) is 0.443. The molecule has 4 nitrogen and oxygen atoms in total. The maximum Gasteiger partial charge on any atom is 0.264 e. The van der Waals surface area contributed by atoms with E-state index in [9.17, 15) is 8.42 Å². The Bertz CT molecular complexity index is 454. The molecule has 0 aromatic heterocycles. The van der Waals surface area contributed by atoms with Crippen molar-refractivity contribution in [2.75, 3.05) is 26.4 Å². The normalized spacial score (nSPS) is 12.6. The van der Waals surface area contributed by atoms with Crippen molar-refractivity contribution in [3.8, 4) is 0 Å². The first-order valence-electron chi connectivity index (χ1n) is 6.10. The van der Waals surface area contributed by atoms with Crippen LogP contribution >= 0.6 is 0 Å². The summed E-state index contributed by atoms with van der Waals surface area (Å²) in [6.07, 6.45) is 1.30. The van der Waals surface area contributed by atoms with Crippen molar-refractivity contribution < 1.29 is 17.5 Å². The van der Waals surface area contributed by atoms with E-state index in [0.717, 1.165) is 24.0 Å². The van der Waals surface area contributed by atoms with Gasteiger partial charge in [-0.1, -0.05) is 30.3 Å². The summed E-state index contributed by atoms with van der Waals surface area (Å²) < 4.78 is 30.7. The van der Waals surface area contributed by atoms with Crippen LogP contribution in [0.2, 0.25) is 0 Å². The molecule has 18 heavy (non-hydrogen) atoms. The zero-order valence-electron chi connectivity index (χ0n) is 11.0. The fourth-order valence-corrected chi connectivity index (χ4v) is 2.55. The Morgan fingerprint density at radius 2 is 1.72 bits per heavy atom. The zero-order chi connectivity index (χ0) is 13.6. The molecule has 0 saturated heterocycles. The number of hydrogen-bond acceptors (Lipinski definition) is 2. The van der Waals surface area contributed by atoms with Crippen molar-refractivity contribution in [2.45, 2.75) is 19.4 Å². The number of quaternary nitrogens is 1. The third-order valence-electron chi connectivity index (χ3n) is 2.87. The third-order valence-corrected chi connectivity index (χ3v) is 3.67. The van der Waals surface area contributed by atoms with E-state index in [1.165, 1.54) is 5.56 Å². The van der Waals surface area contributed by atoms with Crippen LogP contribution in [0.25, 0.3) is 0 Å². The zero-order valence-corrected chi connectivity index (χ0v) is 11.9. The predicted molar refractivity (Wildman–Crippen MR) is 72.8 cm³/mol. The highest BCUT2D eigenvalue weighted by Crippen LogP contribution is 2.10. The van der Waals surface area contributed by atoms with Crippen LogP contribution in [0.4, 0.5) is 0 Å². The Morgan fingerprint density at radius 1 is 1.11 bits per heavy atom. The minimum Gasteiger partial charge on any atom is -0.325 e. The second-order valence-corrected chi connectivity index (χ2v) is 6.87. The van der Waals surface area contributed by atoms with E-state index in [1.54, 1.807) is 0 Å². The summed E-state index contributed by atoms with van der Waals surface area (Å²) >= 11 is 0. The molecule has 0 atom stereocenters. The van der Waals surface area contributed by atoms with Gasteiger partial charge >= 0.3 is 0 Å². The van der Waals surface area contributed by atoms with Crippen LogP contribution in [0.15, 0.2) is 30.3 Å². The molecule has 0 amide bonds. The standard InChI is InChI=1S/C13H21NO3S/c1-14(2,10-6-7-11-18(15,16)17)12-13-8-4-3-5-9-13/h3-5,8-9H,6-7,10-12H2,1-2H3/p+1. The molecule has 0 aliphatic carbocycles. The van der Waals surface area contributed by atoms with Crippen molar-refractivity contribution in [1.82, 2.24) is 0 Å². The van der Waals surface area contributed by atoms with Crippen molar-refractivity contribution in [1.29, 1.82) is 0 Å². The van der Waals surface area contributed by atoms with E-state index in [4.69, 9.17) is 4.55 Å². The van der Waals surface area contributed by atoms with Gasteiger partial charge in [-0.05, 0) is 12.8 Å². The van der Waals surface area contributed by atoms with Crippen LogP contribution in [0.1, 0.15) is 18.4 Å². The van der Waals surface area contributed by atoms with E-state index in [-0.39, 0.29) is 5.75 Å². The van der Waals surface area contributed by atoms with Crippen molar-refractivity contribution in [3.05, 3.63) is 35.9 Å². The van der Waals surface area contributed by atoms with Gasteiger partial charge in [0.25, 0.3) is 10.1 Å². The first-order valence-corrected chi connectivity index (χ1v) is 7.70. The fourth-order valence-electron chi connectivity index (χ4n) is 1.98. The Balaban J connectivity index is 2.36. The molecular formula is C13H22NO3S+. The molecule has 1 rings (SSSR count). The lowest BCUT2D eigenvalue weighted by molar-refractivity contribution is -0.903. The first-order chi connectivity index (χ1) is 8.29. The largest absolute Gasteiger partial charge is 0.325 e. The minimum atomic E-state index is -3.81. The van der Waals surface area contributed by atoms with Gasteiger partial charge in [-0.2, -0.15) is 8.42 Å². The average Bonchev–Trinajstić information content (AvgIpc) is 2.24. The summed E-state index contributed by atoms with van der Waals surface area (Å²) in [4.78, 5) is 0. The molecular weight excluding hydrogens is 250 g/mol. The van der Waals surface area contributed by atoms with E-state index >= 15 is 0 Å². The summed E-state index contributed by atoms with van der Waals surface area (Å²) in [5.74, 6) is -0.141. The van der Waals surface area contributed by atoms with E-state index in [0.29, 0.717) is 6.42 Å². The lowest BCUT2D eigenvalue weighted by atomic mass is 10.2. The van der Waals surface area contributed by atoms with Gasteiger partial charge in [-0.15, -0.1) is 0 Å². The van der Waals surface area contributed by atoms with Gasteiger partial charge in [0.15, 0.2) is 0 Å². The number of nitrogens with zero attached hydrogens (tertiary/aromatic N) is 1. The summed E-state index contributed by atoms with van der Waals surface area (Å²) in [5.41, 5.74) is 1.28. The van der Waals surface area contributed by atoms with Crippen molar-refractivity contribution in [3.63, 3.8) is 0 Å². The van der Waals surface area contributed by atoms with Gasteiger partial charge < -0.3 is 4.48 Å². The van der Waals surface area contributed by atoms with E-state index < -0.39 is 10.1 Å². The Hall–Kier alpha value is -0.910.